The maximum absolute atomic E-state index is 5.46. The van der Waals surface area contributed by atoms with E-state index in [2.05, 4.69) is 24.1 Å². The van der Waals surface area contributed by atoms with Gasteiger partial charge in [0.25, 0.3) is 0 Å². The van der Waals surface area contributed by atoms with Crippen molar-refractivity contribution in [2.45, 2.75) is 32.4 Å². The molecule has 3 nitrogen and oxygen atoms in total. The van der Waals surface area contributed by atoms with E-state index in [1.54, 1.807) is 11.3 Å². The Labute approximate surface area is 82.1 Å². The lowest BCUT2D eigenvalue weighted by Crippen LogP contribution is -2.26. The quantitative estimate of drug-likeness (QED) is 0.789. The summed E-state index contributed by atoms with van der Waals surface area (Å²) >= 11 is 1.70. The van der Waals surface area contributed by atoms with Gasteiger partial charge in [-0.2, -0.15) is 0 Å². The highest BCUT2D eigenvalue weighted by Gasteiger charge is 2.24. The number of rotatable bonds is 2. The molecule has 13 heavy (non-hydrogen) atoms. The van der Waals surface area contributed by atoms with E-state index in [1.807, 2.05) is 6.20 Å². The minimum atomic E-state index is 0.309. The molecule has 2 atom stereocenters. The van der Waals surface area contributed by atoms with Crippen LogP contribution in [-0.4, -0.2) is 23.7 Å². The molecule has 0 spiro atoms. The Balaban J connectivity index is 1.97. The van der Waals surface area contributed by atoms with Gasteiger partial charge in [0.1, 0.15) is 0 Å². The van der Waals surface area contributed by atoms with Gasteiger partial charge < -0.3 is 10.1 Å². The highest BCUT2D eigenvalue weighted by atomic mass is 32.1. The third-order valence-electron chi connectivity index (χ3n) is 2.31. The van der Waals surface area contributed by atoms with E-state index in [4.69, 9.17) is 4.74 Å². The first-order chi connectivity index (χ1) is 6.25. The number of ether oxygens (including phenoxy) is 1. The zero-order valence-corrected chi connectivity index (χ0v) is 8.73. The zero-order valence-electron chi connectivity index (χ0n) is 7.91. The third kappa shape index (κ3) is 2.00. The van der Waals surface area contributed by atoms with Crippen LogP contribution in [0.15, 0.2) is 6.20 Å². The zero-order chi connectivity index (χ0) is 9.26. The SMILES string of the molecule is Cc1cnc(N[C@@H]2CCO[C@@H]2C)s1. The number of aromatic nitrogens is 1. The highest BCUT2D eigenvalue weighted by Crippen LogP contribution is 2.22. The van der Waals surface area contributed by atoms with E-state index < -0.39 is 0 Å². The molecule has 72 valence electrons. The van der Waals surface area contributed by atoms with Crippen molar-refractivity contribution in [3.8, 4) is 0 Å². The second kappa shape index (κ2) is 3.64. The fourth-order valence-electron chi connectivity index (χ4n) is 1.50. The van der Waals surface area contributed by atoms with Crippen LogP contribution in [0.3, 0.4) is 0 Å². The Kier molecular flexibility index (Phi) is 2.51. The summed E-state index contributed by atoms with van der Waals surface area (Å²) in [4.78, 5) is 5.51. The molecule has 0 unspecified atom stereocenters. The lowest BCUT2D eigenvalue weighted by Gasteiger charge is -2.14. The first-order valence-corrected chi connectivity index (χ1v) is 5.38. The van der Waals surface area contributed by atoms with Gasteiger partial charge in [-0.1, -0.05) is 0 Å². The molecule has 1 saturated heterocycles. The summed E-state index contributed by atoms with van der Waals surface area (Å²) < 4.78 is 5.46. The van der Waals surface area contributed by atoms with Gasteiger partial charge in [0, 0.05) is 17.7 Å². The Morgan fingerprint density at radius 1 is 1.69 bits per heavy atom. The number of aryl methyl sites for hydroxylation is 1. The average Bonchev–Trinajstić information content (AvgIpc) is 2.64. The molecule has 1 aromatic heterocycles. The van der Waals surface area contributed by atoms with Crippen LogP contribution in [0.1, 0.15) is 18.2 Å². The summed E-state index contributed by atoms with van der Waals surface area (Å²) in [5, 5.41) is 4.41. The topological polar surface area (TPSA) is 34.2 Å². The number of nitrogens with zero attached hydrogens (tertiary/aromatic N) is 1. The first-order valence-electron chi connectivity index (χ1n) is 4.56. The van der Waals surface area contributed by atoms with Crippen molar-refractivity contribution in [2.24, 2.45) is 0 Å². The first kappa shape index (κ1) is 8.97. The van der Waals surface area contributed by atoms with E-state index in [1.165, 1.54) is 4.88 Å². The fourth-order valence-corrected chi connectivity index (χ4v) is 2.23. The maximum atomic E-state index is 5.46. The third-order valence-corrected chi connectivity index (χ3v) is 3.15. The van der Waals surface area contributed by atoms with Crippen LogP contribution >= 0.6 is 11.3 Å². The number of hydrogen-bond donors (Lipinski definition) is 1. The molecular formula is C9H14N2OS. The van der Waals surface area contributed by atoms with Crippen molar-refractivity contribution in [3.63, 3.8) is 0 Å². The number of nitrogens with one attached hydrogen (secondary N) is 1. The standard InChI is InChI=1S/C9H14N2OS/c1-6-5-10-9(13-6)11-8-3-4-12-7(8)2/h5,7-8H,3-4H2,1-2H3,(H,10,11)/t7-,8-/m1/s1. The molecule has 1 aliphatic rings. The Bertz CT molecular complexity index is 287. The van der Waals surface area contributed by atoms with E-state index in [9.17, 15) is 0 Å². The van der Waals surface area contributed by atoms with Crippen molar-refractivity contribution < 1.29 is 4.74 Å². The lowest BCUT2D eigenvalue weighted by molar-refractivity contribution is 0.121. The fraction of sp³-hybridized carbons (Fsp3) is 0.667. The van der Waals surface area contributed by atoms with E-state index in [0.29, 0.717) is 12.1 Å². The molecule has 1 aliphatic heterocycles. The van der Waals surface area contributed by atoms with Gasteiger partial charge in [-0.25, -0.2) is 4.98 Å². The summed E-state index contributed by atoms with van der Waals surface area (Å²) in [6.07, 6.45) is 3.29. The number of thiazole rings is 1. The van der Waals surface area contributed by atoms with Gasteiger partial charge in [0.15, 0.2) is 5.13 Å². The molecule has 4 heteroatoms. The van der Waals surface area contributed by atoms with E-state index in [-0.39, 0.29) is 0 Å². The molecule has 0 aliphatic carbocycles. The average molecular weight is 198 g/mol. The largest absolute Gasteiger partial charge is 0.376 e. The molecule has 1 fully saturated rings. The molecule has 2 heterocycles. The van der Waals surface area contributed by atoms with Crippen LogP contribution in [-0.2, 0) is 4.74 Å². The van der Waals surface area contributed by atoms with Crippen molar-refractivity contribution in [2.75, 3.05) is 11.9 Å². The number of hydrogen-bond acceptors (Lipinski definition) is 4. The predicted molar refractivity (Wildman–Crippen MR) is 54.3 cm³/mol. The summed E-state index contributed by atoms with van der Waals surface area (Å²) in [5.74, 6) is 0. The van der Waals surface area contributed by atoms with Crippen molar-refractivity contribution >= 4 is 16.5 Å². The number of anilines is 1. The van der Waals surface area contributed by atoms with Crippen LogP contribution in [0.5, 0.6) is 0 Å². The van der Waals surface area contributed by atoms with Gasteiger partial charge in [-0.15, -0.1) is 11.3 Å². The van der Waals surface area contributed by atoms with Crippen LogP contribution < -0.4 is 5.32 Å². The van der Waals surface area contributed by atoms with Crippen LogP contribution in [0.2, 0.25) is 0 Å². The van der Waals surface area contributed by atoms with E-state index >= 15 is 0 Å². The molecule has 1 N–H and O–H groups in total. The molecule has 0 bridgehead atoms. The van der Waals surface area contributed by atoms with Crippen LogP contribution in [0.25, 0.3) is 0 Å². The van der Waals surface area contributed by atoms with Crippen LogP contribution in [0.4, 0.5) is 5.13 Å². The van der Waals surface area contributed by atoms with Crippen molar-refractivity contribution in [1.29, 1.82) is 0 Å². The summed E-state index contributed by atoms with van der Waals surface area (Å²) in [6, 6.07) is 0.436. The lowest BCUT2D eigenvalue weighted by atomic mass is 10.2. The minimum Gasteiger partial charge on any atom is -0.376 e. The highest BCUT2D eigenvalue weighted by molar-refractivity contribution is 7.15. The van der Waals surface area contributed by atoms with Crippen LogP contribution in [0, 0.1) is 6.92 Å². The molecule has 0 radical (unpaired) electrons. The van der Waals surface area contributed by atoms with Gasteiger partial charge in [-0.3, -0.25) is 0 Å². The Hall–Kier alpha value is -0.610. The molecule has 0 amide bonds. The summed E-state index contributed by atoms with van der Waals surface area (Å²) in [6.45, 7) is 5.03. The molecular weight excluding hydrogens is 184 g/mol. The second-order valence-electron chi connectivity index (χ2n) is 3.39. The molecule has 1 aromatic rings. The normalized spacial score (nSPS) is 27.8. The monoisotopic (exact) mass is 198 g/mol. The minimum absolute atomic E-state index is 0.309. The maximum Gasteiger partial charge on any atom is 0.183 e. The Morgan fingerprint density at radius 3 is 3.08 bits per heavy atom. The predicted octanol–water partition coefficient (Wildman–Crippen LogP) is 2.04. The van der Waals surface area contributed by atoms with Gasteiger partial charge >= 0.3 is 0 Å². The van der Waals surface area contributed by atoms with Gasteiger partial charge in [0.2, 0.25) is 0 Å². The summed E-state index contributed by atoms with van der Waals surface area (Å²) in [7, 11) is 0. The smallest absolute Gasteiger partial charge is 0.183 e. The second-order valence-corrected chi connectivity index (χ2v) is 4.63. The summed E-state index contributed by atoms with van der Waals surface area (Å²) in [5.41, 5.74) is 0. The molecule has 0 saturated carbocycles. The van der Waals surface area contributed by atoms with Crippen molar-refractivity contribution in [1.82, 2.24) is 4.98 Å². The van der Waals surface area contributed by atoms with Gasteiger partial charge in [-0.05, 0) is 20.3 Å². The Morgan fingerprint density at radius 2 is 2.54 bits per heavy atom. The van der Waals surface area contributed by atoms with Gasteiger partial charge in [0.05, 0.1) is 12.1 Å². The molecule has 0 aromatic carbocycles. The van der Waals surface area contributed by atoms with E-state index in [0.717, 1.165) is 18.2 Å². The van der Waals surface area contributed by atoms with Crippen molar-refractivity contribution in [3.05, 3.63) is 11.1 Å². The molecule has 2 rings (SSSR count).